The molecule has 0 aliphatic rings. The summed E-state index contributed by atoms with van der Waals surface area (Å²) in [5.74, 6) is -2.10. The summed E-state index contributed by atoms with van der Waals surface area (Å²) in [7, 11) is -9.79. The number of fused-ring (bicyclic) bond motifs is 1. The Morgan fingerprint density at radius 3 is 2.11 bits per heavy atom. The largest absolute Gasteiger partial charge is 1.00 e. The van der Waals surface area contributed by atoms with Gasteiger partial charge in [0.2, 0.25) is 0 Å². The zero-order chi connectivity index (χ0) is 31.5. The van der Waals surface area contributed by atoms with Gasteiger partial charge in [0.15, 0.2) is 5.75 Å². The summed E-state index contributed by atoms with van der Waals surface area (Å²) in [6.07, 6.45) is 0. The third-order valence-electron chi connectivity index (χ3n) is 5.53. The van der Waals surface area contributed by atoms with Crippen molar-refractivity contribution >= 4 is 77.5 Å². The molecular formula is C23H15Li2N5O12S3. The minimum absolute atomic E-state index is 0. The Kier molecular flexibility index (Phi) is 12.9. The van der Waals surface area contributed by atoms with E-state index < -0.39 is 58.8 Å². The number of hydrogen-bond donors (Lipinski definition) is 4. The van der Waals surface area contributed by atoms with Gasteiger partial charge in [0.1, 0.15) is 27.2 Å². The van der Waals surface area contributed by atoms with Crippen LogP contribution in [0.15, 0.2) is 95.8 Å². The number of nitrogen functional groups attached to an aromatic ring is 1. The Morgan fingerprint density at radius 1 is 0.911 bits per heavy atom. The van der Waals surface area contributed by atoms with Crippen LogP contribution in [0.4, 0.5) is 28.4 Å². The maximum Gasteiger partial charge on any atom is 1.00 e. The maximum atomic E-state index is 12.1. The second kappa shape index (κ2) is 15.3. The zero-order valence-electron chi connectivity index (χ0n) is 22.9. The van der Waals surface area contributed by atoms with E-state index in [4.69, 9.17) is 10.3 Å². The van der Waals surface area contributed by atoms with Crippen LogP contribution in [0.25, 0.3) is 10.8 Å². The fourth-order valence-electron chi connectivity index (χ4n) is 3.65. The number of hydrogen-bond acceptors (Lipinski definition) is 16. The molecule has 4 aromatic carbocycles. The molecule has 0 aromatic heterocycles. The van der Waals surface area contributed by atoms with Gasteiger partial charge in [-0.05, 0) is 53.9 Å². The van der Waals surface area contributed by atoms with E-state index in [1.165, 1.54) is 24.3 Å². The second-order valence-corrected chi connectivity index (χ2v) is 11.7. The molecule has 5 N–H and O–H groups in total. The number of rotatable bonds is 10. The molecule has 0 radical (unpaired) electrons. The van der Waals surface area contributed by atoms with E-state index in [2.05, 4.69) is 29.8 Å². The number of benzene rings is 4. The number of carboxylic acid groups (broad SMARTS) is 1. The van der Waals surface area contributed by atoms with Crippen molar-refractivity contribution in [1.82, 2.24) is 0 Å². The van der Waals surface area contributed by atoms with E-state index in [1.807, 2.05) is 0 Å². The second-order valence-electron chi connectivity index (χ2n) is 8.17. The maximum absolute atomic E-state index is 12.1. The molecule has 0 heterocycles. The smallest absolute Gasteiger partial charge is 0.744 e. The van der Waals surface area contributed by atoms with Crippen LogP contribution in [0.1, 0.15) is 10.4 Å². The summed E-state index contributed by atoms with van der Waals surface area (Å²) in [6.45, 7) is 0. The Bertz CT molecular complexity index is 2030. The van der Waals surface area contributed by atoms with Crippen LogP contribution in [0, 0.1) is 0 Å². The molecule has 0 fully saturated rings. The average Bonchev–Trinajstić information content (AvgIpc) is 2.94. The van der Waals surface area contributed by atoms with Gasteiger partial charge in [-0.1, -0.05) is 12.1 Å². The third kappa shape index (κ3) is 8.68. The fraction of sp³-hybridized carbons (Fsp3) is 0. The van der Waals surface area contributed by atoms with Crippen molar-refractivity contribution in [2.75, 3.05) is 5.73 Å². The molecule has 17 nitrogen and oxygen atoms in total. The summed E-state index contributed by atoms with van der Waals surface area (Å²) in [4.78, 5) is 9.91. The van der Waals surface area contributed by atoms with Crippen molar-refractivity contribution < 1.29 is 93.3 Å². The van der Waals surface area contributed by atoms with E-state index in [0.717, 1.165) is 36.4 Å². The van der Waals surface area contributed by atoms with Gasteiger partial charge in [-0.25, -0.2) is 13.2 Å². The van der Waals surface area contributed by atoms with Gasteiger partial charge < -0.3 is 25.8 Å². The minimum atomic E-state index is -5.28. The minimum Gasteiger partial charge on any atom is -0.744 e. The molecule has 0 bridgehead atoms. The van der Waals surface area contributed by atoms with Gasteiger partial charge in [-0.15, -0.1) is 15.3 Å². The summed E-state index contributed by atoms with van der Waals surface area (Å²) in [6, 6.07) is 11.6. The van der Waals surface area contributed by atoms with E-state index in [0.29, 0.717) is 0 Å². The van der Waals surface area contributed by atoms with Crippen LogP contribution in [0.2, 0.25) is 0 Å². The number of carbonyl (C=O) groups is 1. The summed E-state index contributed by atoms with van der Waals surface area (Å²) < 4.78 is 72.3. The predicted octanol–water partition coefficient (Wildman–Crippen LogP) is -1.95. The van der Waals surface area contributed by atoms with Crippen molar-refractivity contribution in [3.05, 3.63) is 66.2 Å². The molecular weight excluding hydrogens is 648 g/mol. The van der Waals surface area contributed by atoms with Gasteiger partial charge in [0.25, 0.3) is 10.1 Å². The summed E-state index contributed by atoms with van der Waals surface area (Å²) >= 11 is 0.220. The quantitative estimate of drug-likeness (QED) is 0.0273. The van der Waals surface area contributed by atoms with Crippen molar-refractivity contribution in [2.45, 2.75) is 14.7 Å². The number of aromatic hydroxyl groups is 1. The van der Waals surface area contributed by atoms with Crippen molar-refractivity contribution in [1.29, 1.82) is 0 Å². The van der Waals surface area contributed by atoms with Gasteiger partial charge in [-0.2, -0.15) is 17.9 Å². The molecule has 0 unspecified atom stereocenters. The van der Waals surface area contributed by atoms with Gasteiger partial charge in [-0.3, -0.25) is 9.59 Å². The Labute approximate surface area is 282 Å². The number of anilines is 1. The molecule has 0 saturated heterocycles. The molecule has 0 aliphatic carbocycles. The van der Waals surface area contributed by atoms with Crippen molar-refractivity contribution in [2.24, 2.45) is 20.5 Å². The Morgan fingerprint density at radius 2 is 1.53 bits per heavy atom. The third-order valence-corrected chi connectivity index (χ3v) is 7.86. The predicted molar refractivity (Wildman–Crippen MR) is 144 cm³/mol. The number of nitrogens with two attached hydrogens (primary N) is 1. The first-order valence-corrected chi connectivity index (χ1v) is 14.8. The van der Waals surface area contributed by atoms with Crippen LogP contribution in [0.5, 0.6) is 5.75 Å². The van der Waals surface area contributed by atoms with Crippen LogP contribution >= 0.6 is 12.0 Å². The molecule has 4 rings (SSSR count). The molecule has 0 spiro atoms. The van der Waals surface area contributed by atoms with Crippen LogP contribution < -0.4 is 48.7 Å². The average molecular weight is 663 g/mol. The molecule has 22 heteroatoms. The SMILES string of the molecule is Nc1c(N=Nc2ccc(S(=O)(=O)O)cc2)c(S(=O)(=O)[O-])cc2cc(SOO[O-])c(N=Nc3ccccc3C(=O)O)c(O)c12.[Li+].[Li+]. The number of carboxylic acids is 1. The number of azo groups is 2. The van der Waals surface area contributed by atoms with Crippen LogP contribution in [-0.4, -0.2) is 42.1 Å². The number of phenols is 1. The molecule has 45 heavy (non-hydrogen) atoms. The number of aromatic carboxylic acids is 1. The first kappa shape index (κ1) is 37.8. The molecule has 4 aromatic rings. The first-order chi connectivity index (χ1) is 20.2. The van der Waals surface area contributed by atoms with E-state index in [-0.39, 0.29) is 82.4 Å². The first-order valence-electron chi connectivity index (χ1n) is 11.2. The summed E-state index contributed by atoms with van der Waals surface area (Å²) in [5.41, 5.74) is 4.06. The monoisotopic (exact) mass is 663 g/mol. The van der Waals surface area contributed by atoms with E-state index in [9.17, 15) is 41.7 Å². The fourth-order valence-corrected chi connectivity index (χ4v) is 5.29. The zero-order valence-corrected chi connectivity index (χ0v) is 25.3. The number of nitrogens with zero attached hydrogens (tertiary/aromatic N) is 4. The van der Waals surface area contributed by atoms with Crippen LogP contribution in [-0.2, 0) is 29.6 Å². The van der Waals surface area contributed by atoms with E-state index in [1.54, 1.807) is 0 Å². The van der Waals surface area contributed by atoms with Gasteiger partial charge in [0, 0.05) is 0 Å². The van der Waals surface area contributed by atoms with Crippen molar-refractivity contribution in [3.63, 3.8) is 0 Å². The Balaban J connectivity index is 0.00000353. The molecule has 0 amide bonds. The normalized spacial score (nSPS) is 11.9. The topological polar surface area (TPSA) is 286 Å². The van der Waals surface area contributed by atoms with Gasteiger partial charge in [0.05, 0.1) is 49.1 Å². The molecule has 0 aliphatic heterocycles. The molecule has 0 saturated carbocycles. The molecule has 224 valence electrons. The van der Waals surface area contributed by atoms with Crippen LogP contribution in [0.3, 0.4) is 0 Å². The van der Waals surface area contributed by atoms with Crippen molar-refractivity contribution in [3.8, 4) is 5.75 Å². The van der Waals surface area contributed by atoms with E-state index >= 15 is 0 Å². The Hall–Kier alpha value is -3.35. The molecule has 0 atom stereocenters. The standard InChI is InChI=1S/C23H17N5O12S3.2Li/c24-19-18-11(10-17(43(36,37)38)21(19)28-25-12-5-7-13(8-6-12)42(33,34)35)9-16(41-40-39-32)20(22(18)29)27-26-15-4-2-1-3-14(15)23(30)31;;/h1-10,29,32H,24H2,(H,30,31)(H,33,34,35)(H,36,37,38);;/q;2*+1/p-2. The number of phenolic OH excluding ortho intramolecular Hbond substituents is 1. The van der Waals surface area contributed by atoms with Gasteiger partial charge >= 0.3 is 43.7 Å². The summed E-state index contributed by atoms with van der Waals surface area (Å²) in [5, 5.41) is 49.1.